The Labute approximate surface area is 120 Å². The van der Waals surface area contributed by atoms with Gasteiger partial charge in [0.15, 0.2) is 0 Å². The smallest absolute Gasteiger partial charge is 0.410 e. The first kappa shape index (κ1) is 15.6. The van der Waals surface area contributed by atoms with E-state index in [1.54, 1.807) is 30.3 Å². The van der Waals surface area contributed by atoms with Crippen molar-refractivity contribution in [2.75, 3.05) is 6.61 Å². The van der Waals surface area contributed by atoms with E-state index in [2.05, 4.69) is 0 Å². The average Bonchev–Trinajstić information content (AvgIpc) is 2.90. The van der Waals surface area contributed by atoms with Gasteiger partial charge in [-0.1, -0.05) is 30.3 Å². The maximum absolute atomic E-state index is 12.9. The Hall–Kier alpha value is -1.76. The highest BCUT2D eigenvalue weighted by molar-refractivity contribution is 5.69. The van der Waals surface area contributed by atoms with Crippen molar-refractivity contribution < 1.29 is 27.8 Å². The Morgan fingerprint density at radius 3 is 2.52 bits per heavy atom. The van der Waals surface area contributed by atoms with Gasteiger partial charge < -0.3 is 9.84 Å². The maximum Gasteiger partial charge on any atom is 0.410 e. The predicted octanol–water partition coefficient (Wildman–Crippen LogP) is 2.71. The minimum Gasteiger partial charge on any atom is -0.445 e. The van der Waals surface area contributed by atoms with E-state index < -0.39 is 31.0 Å². The van der Waals surface area contributed by atoms with Crippen LogP contribution in [0.5, 0.6) is 0 Å². The Morgan fingerprint density at radius 2 is 1.95 bits per heavy atom. The number of hydrogen-bond acceptors (Lipinski definition) is 3. The molecule has 0 bridgehead atoms. The van der Waals surface area contributed by atoms with Crippen LogP contribution in [0.2, 0.25) is 0 Å². The predicted molar refractivity (Wildman–Crippen MR) is 68.4 cm³/mol. The first-order valence-electron chi connectivity index (χ1n) is 6.60. The van der Waals surface area contributed by atoms with Gasteiger partial charge in [-0.3, -0.25) is 4.90 Å². The number of nitrogens with zero attached hydrogens (tertiary/aromatic N) is 1. The van der Waals surface area contributed by atoms with Gasteiger partial charge in [-0.05, 0) is 18.4 Å². The summed E-state index contributed by atoms with van der Waals surface area (Å²) < 4.78 is 43.7. The lowest BCUT2D eigenvalue weighted by Crippen LogP contribution is -2.49. The summed E-state index contributed by atoms with van der Waals surface area (Å²) in [5.74, 6) is 0. The number of alkyl halides is 3. The number of benzene rings is 1. The fourth-order valence-electron chi connectivity index (χ4n) is 2.45. The summed E-state index contributed by atoms with van der Waals surface area (Å²) in [6, 6.07) is 5.96. The number of aliphatic hydroxyl groups is 1. The van der Waals surface area contributed by atoms with E-state index in [0.717, 1.165) is 0 Å². The molecular formula is C14H16F3NO3. The van der Waals surface area contributed by atoms with Crippen LogP contribution in [0.4, 0.5) is 18.0 Å². The van der Waals surface area contributed by atoms with Crippen molar-refractivity contribution in [2.24, 2.45) is 0 Å². The molecule has 1 aliphatic heterocycles. The molecule has 1 aliphatic rings. The van der Waals surface area contributed by atoms with E-state index in [4.69, 9.17) is 9.84 Å². The topological polar surface area (TPSA) is 49.8 Å². The third kappa shape index (κ3) is 3.66. The van der Waals surface area contributed by atoms with Gasteiger partial charge in [0.2, 0.25) is 0 Å². The highest BCUT2D eigenvalue weighted by Crippen LogP contribution is 2.36. The normalized spacial score (nSPS) is 22.4. The van der Waals surface area contributed by atoms with Gasteiger partial charge in [-0.2, -0.15) is 13.2 Å². The quantitative estimate of drug-likeness (QED) is 0.934. The summed E-state index contributed by atoms with van der Waals surface area (Å²) >= 11 is 0. The van der Waals surface area contributed by atoms with Crippen molar-refractivity contribution in [3.63, 3.8) is 0 Å². The third-order valence-corrected chi connectivity index (χ3v) is 3.51. The van der Waals surface area contributed by atoms with Crippen molar-refractivity contribution >= 4 is 6.09 Å². The molecule has 0 saturated carbocycles. The molecule has 0 radical (unpaired) electrons. The molecular weight excluding hydrogens is 287 g/mol. The number of amides is 1. The first-order chi connectivity index (χ1) is 9.93. The molecule has 1 amide bonds. The number of likely N-dealkylation sites (tertiary alicyclic amines) is 1. The second-order valence-electron chi connectivity index (χ2n) is 4.92. The molecule has 1 N–H and O–H groups in total. The molecule has 1 fully saturated rings. The van der Waals surface area contributed by atoms with Crippen LogP contribution in [0.1, 0.15) is 18.4 Å². The Kier molecular flexibility index (Phi) is 4.72. The Balaban J connectivity index is 2.04. The van der Waals surface area contributed by atoms with E-state index in [9.17, 15) is 18.0 Å². The lowest BCUT2D eigenvalue weighted by atomic mass is 10.2. The van der Waals surface area contributed by atoms with E-state index in [1.165, 1.54) is 0 Å². The fraction of sp³-hybridized carbons (Fsp3) is 0.500. The zero-order chi connectivity index (χ0) is 15.5. The zero-order valence-electron chi connectivity index (χ0n) is 11.2. The SMILES string of the molecule is O=C(OCc1ccccc1)N1[C@H](CO)CC[C@@H]1C(F)(F)F. The second-order valence-corrected chi connectivity index (χ2v) is 4.92. The molecule has 0 unspecified atom stereocenters. The molecule has 21 heavy (non-hydrogen) atoms. The molecule has 0 aromatic heterocycles. The van der Waals surface area contributed by atoms with E-state index in [0.29, 0.717) is 10.5 Å². The van der Waals surface area contributed by atoms with Crippen LogP contribution in [0.3, 0.4) is 0 Å². The fourth-order valence-corrected chi connectivity index (χ4v) is 2.45. The second kappa shape index (κ2) is 6.34. The van der Waals surface area contributed by atoms with Gasteiger partial charge in [-0.15, -0.1) is 0 Å². The Bertz CT molecular complexity index is 478. The van der Waals surface area contributed by atoms with Gasteiger partial charge in [0, 0.05) is 0 Å². The van der Waals surface area contributed by atoms with Crippen LogP contribution >= 0.6 is 0 Å². The molecule has 4 nitrogen and oxygen atoms in total. The van der Waals surface area contributed by atoms with E-state index in [1.807, 2.05) is 0 Å². The monoisotopic (exact) mass is 303 g/mol. The molecule has 1 heterocycles. The average molecular weight is 303 g/mol. The number of halogens is 3. The maximum atomic E-state index is 12.9. The number of ether oxygens (including phenoxy) is 1. The van der Waals surface area contributed by atoms with E-state index in [-0.39, 0.29) is 19.4 Å². The third-order valence-electron chi connectivity index (χ3n) is 3.51. The molecule has 0 aliphatic carbocycles. The minimum atomic E-state index is -4.52. The molecule has 116 valence electrons. The number of rotatable bonds is 3. The van der Waals surface area contributed by atoms with Crippen molar-refractivity contribution in [1.29, 1.82) is 0 Å². The highest BCUT2D eigenvalue weighted by Gasteiger charge is 2.51. The number of hydrogen-bond donors (Lipinski definition) is 1. The largest absolute Gasteiger partial charge is 0.445 e. The number of aliphatic hydroxyl groups excluding tert-OH is 1. The molecule has 1 aromatic rings. The lowest BCUT2D eigenvalue weighted by molar-refractivity contribution is -0.175. The molecule has 0 spiro atoms. The van der Waals surface area contributed by atoms with E-state index >= 15 is 0 Å². The summed E-state index contributed by atoms with van der Waals surface area (Å²) in [6.45, 7) is -0.605. The van der Waals surface area contributed by atoms with Crippen molar-refractivity contribution in [3.8, 4) is 0 Å². The van der Waals surface area contributed by atoms with Gasteiger partial charge in [0.25, 0.3) is 0 Å². The number of carbonyl (C=O) groups excluding carboxylic acids is 1. The molecule has 1 aromatic carbocycles. The first-order valence-corrected chi connectivity index (χ1v) is 6.60. The van der Waals surface area contributed by atoms with Crippen LogP contribution in [-0.2, 0) is 11.3 Å². The molecule has 1 saturated heterocycles. The Morgan fingerprint density at radius 1 is 1.29 bits per heavy atom. The summed E-state index contributed by atoms with van der Waals surface area (Å²) in [6.07, 6.45) is -5.66. The van der Waals surface area contributed by atoms with Crippen LogP contribution < -0.4 is 0 Å². The highest BCUT2D eigenvalue weighted by atomic mass is 19.4. The van der Waals surface area contributed by atoms with Crippen molar-refractivity contribution in [3.05, 3.63) is 35.9 Å². The molecule has 2 rings (SSSR count). The summed E-state index contributed by atoms with van der Waals surface area (Å²) in [7, 11) is 0. The van der Waals surface area contributed by atoms with Crippen molar-refractivity contribution in [2.45, 2.75) is 37.7 Å². The van der Waals surface area contributed by atoms with Gasteiger partial charge in [0.1, 0.15) is 12.6 Å². The standard InChI is InChI=1S/C14H16F3NO3/c15-14(16,17)12-7-6-11(8-19)18(12)13(20)21-9-10-4-2-1-3-5-10/h1-5,11-12,19H,6-9H2/t11-,12+/m0/s1. The van der Waals surface area contributed by atoms with Gasteiger partial charge >= 0.3 is 12.3 Å². The zero-order valence-corrected chi connectivity index (χ0v) is 11.2. The van der Waals surface area contributed by atoms with Crippen LogP contribution in [0, 0.1) is 0 Å². The lowest BCUT2D eigenvalue weighted by Gasteiger charge is -2.29. The van der Waals surface area contributed by atoms with Crippen LogP contribution in [-0.4, -0.2) is 41.0 Å². The van der Waals surface area contributed by atoms with Crippen LogP contribution in [0.15, 0.2) is 30.3 Å². The van der Waals surface area contributed by atoms with Crippen molar-refractivity contribution in [1.82, 2.24) is 4.90 Å². The number of carbonyl (C=O) groups is 1. The summed E-state index contributed by atoms with van der Waals surface area (Å²) in [5, 5.41) is 9.14. The summed E-state index contributed by atoms with van der Waals surface area (Å²) in [4.78, 5) is 12.6. The molecule has 2 atom stereocenters. The van der Waals surface area contributed by atoms with Gasteiger partial charge in [0.05, 0.1) is 12.6 Å². The van der Waals surface area contributed by atoms with Crippen LogP contribution in [0.25, 0.3) is 0 Å². The van der Waals surface area contributed by atoms with Gasteiger partial charge in [-0.25, -0.2) is 4.79 Å². The minimum absolute atomic E-state index is 0.0983. The summed E-state index contributed by atoms with van der Waals surface area (Å²) in [5.41, 5.74) is 0.689. The molecule has 7 heteroatoms.